The number of halogens is 2. The second kappa shape index (κ2) is 11.0. The highest BCUT2D eigenvalue weighted by Crippen LogP contribution is 2.23. The van der Waals surface area contributed by atoms with E-state index in [4.69, 9.17) is 0 Å². The van der Waals surface area contributed by atoms with Gasteiger partial charge in [-0.1, -0.05) is 42.5 Å². The molecule has 27 heavy (non-hydrogen) atoms. The van der Waals surface area contributed by atoms with Gasteiger partial charge in [-0.2, -0.15) is 0 Å². The maximum Gasteiger partial charge on any atom is 0.191 e. The number of hydrogen-bond acceptors (Lipinski definition) is 3. The van der Waals surface area contributed by atoms with E-state index in [1.807, 2.05) is 25.1 Å². The summed E-state index contributed by atoms with van der Waals surface area (Å²) in [4.78, 5) is 9.21. The molecule has 0 aliphatic heterocycles. The fourth-order valence-electron chi connectivity index (χ4n) is 2.38. The Kier molecular flexibility index (Phi) is 8.66. The molecule has 3 aromatic rings. The monoisotopic (exact) mass is 496 g/mol. The van der Waals surface area contributed by atoms with Gasteiger partial charge in [0.25, 0.3) is 0 Å². The third-order valence-electron chi connectivity index (χ3n) is 3.69. The molecule has 0 bridgehead atoms. The molecule has 0 aliphatic rings. The smallest absolute Gasteiger partial charge is 0.191 e. The minimum atomic E-state index is -0.236. The van der Waals surface area contributed by atoms with E-state index >= 15 is 0 Å². The summed E-state index contributed by atoms with van der Waals surface area (Å²) in [6, 6.07) is 16.5. The molecule has 0 radical (unpaired) electrons. The number of rotatable bonds is 6. The second-order valence-corrected chi connectivity index (χ2v) is 6.54. The molecule has 1 heterocycles. The van der Waals surface area contributed by atoms with Crippen LogP contribution in [-0.2, 0) is 13.1 Å². The average Bonchev–Trinajstić information content (AvgIpc) is 3.15. The van der Waals surface area contributed by atoms with E-state index in [0.29, 0.717) is 19.0 Å². The summed E-state index contributed by atoms with van der Waals surface area (Å²) in [5.74, 6) is 0.478. The van der Waals surface area contributed by atoms with Crippen LogP contribution in [0.15, 0.2) is 65.0 Å². The van der Waals surface area contributed by atoms with Gasteiger partial charge < -0.3 is 10.6 Å². The quantitative estimate of drug-likeness (QED) is 0.292. The summed E-state index contributed by atoms with van der Waals surface area (Å²) in [6.45, 7) is 3.87. The third-order valence-corrected chi connectivity index (χ3v) is 4.63. The number of nitrogens with zero attached hydrogens (tertiary/aromatic N) is 2. The fourth-order valence-corrected chi connectivity index (χ4v) is 3.20. The molecule has 0 spiro atoms. The van der Waals surface area contributed by atoms with Crippen molar-refractivity contribution in [1.29, 1.82) is 0 Å². The Labute approximate surface area is 180 Å². The first kappa shape index (κ1) is 21.3. The first-order valence-corrected chi connectivity index (χ1v) is 9.39. The van der Waals surface area contributed by atoms with E-state index in [1.54, 1.807) is 23.5 Å². The molecule has 0 saturated heterocycles. The summed E-state index contributed by atoms with van der Waals surface area (Å²) in [7, 11) is 0. The summed E-state index contributed by atoms with van der Waals surface area (Å²) in [5.41, 5.74) is 3.06. The Morgan fingerprint density at radius 2 is 1.81 bits per heavy atom. The number of nitrogens with one attached hydrogen (secondary N) is 2. The van der Waals surface area contributed by atoms with Crippen molar-refractivity contribution in [2.45, 2.75) is 20.0 Å². The Morgan fingerprint density at radius 1 is 1.07 bits per heavy atom. The Bertz CT molecular complexity index is 850. The normalized spacial score (nSPS) is 11.0. The Hall–Kier alpha value is -2.00. The van der Waals surface area contributed by atoms with Gasteiger partial charge in [-0.15, -0.1) is 35.3 Å². The van der Waals surface area contributed by atoms with Crippen molar-refractivity contribution in [1.82, 2.24) is 15.6 Å². The maximum absolute atomic E-state index is 13.0. The molecule has 2 N–H and O–H groups in total. The Balaban J connectivity index is 0.00000261. The highest BCUT2D eigenvalue weighted by Gasteiger charge is 2.05. The average molecular weight is 496 g/mol. The molecular formula is C20H22FIN4S. The van der Waals surface area contributed by atoms with E-state index < -0.39 is 0 Å². The summed E-state index contributed by atoms with van der Waals surface area (Å²) in [6.07, 6.45) is 0. The molecule has 7 heteroatoms. The van der Waals surface area contributed by atoms with Crippen molar-refractivity contribution in [2.24, 2.45) is 4.99 Å². The number of aliphatic imine (C=N–C) groups is 1. The lowest BCUT2D eigenvalue weighted by atomic mass is 10.2. The summed E-state index contributed by atoms with van der Waals surface area (Å²) < 4.78 is 13.0. The van der Waals surface area contributed by atoms with Gasteiger partial charge in [0.2, 0.25) is 0 Å². The molecular weight excluding hydrogens is 474 g/mol. The van der Waals surface area contributed by atoms with Crippen molar-refractivity contribution in [3.63, 3.8) is 0 Å². The molecule has 0 unspecified atom stereocenters. The largest absolute Gasteiger partial charge is 0.357 e. The lowest BCUT2D eigenvalue weighted by molar-refractivity contribution is 0.627. The molecule has 0 amide bonds. The van der Waals surface area contributed by atoms with Crippen molar-refractivity contribution in [3.05, 3.63) is 77.1 Å². The number of benzene rings is 2. The summed E-state index contributed by atoms with van der Waals surface area (Å²) >= 11 is 1.63. The van der Waals surface area contributed by atoms with Crippen LogP contribution in [-0.4, -0.2) is 17.5 Å². The lowest BCUT2D eigenvalue weighted by Gasteiger charge is -2.10. The van der Waals surface area contributed by atoms with Crippen LogP contribution in [0.25, 0.3) is 10.6 Å². The van der Waals surface area contributed by atoms with E-state index in [9.17, 15) is 4.39 Å². The molecule has 0 aliphatic carbocycles. The third kappa shape index (κ3) is 6.59. The van der Waals surface area contributed by atoms with Crippen LogP contribution in [0.1, 0.15) is 18.2 Å². The van der Waals surface area contributed by atoms with Gasteiger partial charge in [0.1, 0.15) is 10.8 Å². The molecule has 2 aromatic carbocycles. The van der Waals surface area contributed by atoms with Gasteiger partial charge >= 0.3 is 0 Å². The van der Waals surface area contributed by atoms with Crippen LogP contribution >= 0.6 is 35.3 Å². The van der Waals surface area contributed by atoms with E-state index in [0.717, 1.165) is 28.4 Å². The van der Waals surface area contributed by atoms with Crippen molar-refractivity contribution >= 4 is 41.3 Å². The van der Waals surface area contributed by atoms with Gasteiger partial charge in [-0.05, 0) is 24.6 Å². The topological polar surface area (TPSA) is 49.3 Å². The highest BCUT2D eigenvalue weighted by atomic mass is 127. The fraction of sp³-hybridized carbons (Fsp3) is 0.200. The summed E-state index contributed by atoms with van der Waals surface area (Å²) in [5, 5.41) is 9.57. The number of hydrogen-bond donors (Lipinski definition) is 2. The van der Waals surface area contributed by atoms with E-state index in [1.165, 1.54) is 12.1 Å². The van der Waals surface area contributed by atoms with Crippen LogP contribution in [0.2, 0.25) is 0 Å². The van der Waals surface area contributed by atoms with Gasteiger partial charge in [-0.25, -0.2) is 14.4 Å². The standard InChI is InChI=1S/C20H21FN4S.HI/c1-2-22-20(23-12-15-8-10-17(21)11-9-15)24-13-18-14-26-19(25-18)16-6-4-3-5-7-16;/h3-11,14H,2,12-13H2,1H3,(H2,22,23,24);1H. The Morgan fingerprint density at radius 3 is 2.52 bits per heavy atom. The second-order valence-electron chi connectivity index (χ2n) is 5.69. The molecule has 142 valence electrons. The van der Waals surface area contributed by atoms with Crippen LogP contribution in [0, 0.1) is 5.82 Å². The molecule has 1 aromatic heterocycles. The highest BCUT2D eigenvalue weighted by molar-refractivity contribution is 14.0. The van der Waals surface area contributed by atoms with Crippen LogP contribution in [0.5, 0.6) is 0 Å². The van der Waals surface area contributed by atoms with Gasteiger partial charge in [0, 0.05) is 17.5 Å². The molecule has 0 fully saturated rings. The SMILES string of the molecule is CCNC(=NCc1ccc(F)cc1)NCc1csc(-c2ccccc2)n1.I. The van der Waals surface area contributed by atoms with Crippen LogP contribution in [0.3, 0.4) is 0 Å². The molecule has 0 atom stereocenters. The zero-order chi connectivity index (χ0) is 18.2. The lowest BCUT2D eigenvalue weighted by Crippen LogP contribution is -2.36. The number of thiazole rings is 1. The van der Waals surface area contributed by atoms with Crippen LogP contribution in [0.4, 0.5) is 4.39 Å². The zero-order valence-corrected chi connectivity index (χ0v) is 18.1. The first-order valence-electron chi connectivity index (χ1n) is 8.51. The number of aromatic nitrogens is 1. The minimum Gasteiger partial charge on any atom is -0.357 e. The van der Waals surface area contributed by atoms with Crippen molar-refractivity contribution in [2.75, 3.05) is 6.54 Å². The molecule has 0 saturated carbocycles. The number of guanidine groups is 1. The predicted octanol–water partition coefficient (Wildman–Crippen LogP) is 4.82. The van der Waals surface area contributed by atoms with Gasteiger partial charge in [-0.3, -0.25) is 0 Å². The minimum absolute atomic E-state index is 0. The van der Waals surface area contributed by atoms with Gasteiger partial charge in [0.05, 0.1) is 18.8 Å². The van der Waals surface area contributed by atoms with E-state index in [2.05, 4.69) is 38.1 Å². The zero-order valence-electron chi connectivity index (χ0n) is 15.0. The first-order chi connectivity index (χ1) is 12.7. The van der Waals surface area contributed by atoms with Crippen molar-refractivity contribution in [3.8, 4) is 10.6 Å². The van der Waals surface area contributed by atoms with Crippen LogP contribution < -0.4 is 10.6 Å². The van der Waals surface area contributed by atoms with Gasteiger partial charge in [0.15, 0.2) is 5.96 Å². The maximum atomic E-state index is 13.0. The van der Waals surface area contributed by atoms with E-state index in [-0.39, 0.29) is 29.8 Å². The molecule has 3 rings (SSSR count). The molecule has 4 nitrogen and oxygen atoms in total. The van der Waals surface area contributed by atoms with Crippen molar-refractivity contribution < 1.29 is 4.39 Å². The predicted molar refractivity (Wildman–Crippen MR) is 121 cm³/mol.